The van der Waals surface area contributed by atoms with Gasteiger partial charge < -0.3 is 15.4 Å². The second-order valence-corrected chi connectivity index (χ2v) is 6.84. The number of ether oxygens (including phenoxy) is 1. The lowest BCUT2D eigenvalue weighted by molar-refractivity contribution is 0.232. The molecule has 3 aromatic heterocycles. The highest BCUT2D eigenvalue weighted by Gasteiger charge is 2.12. The summed E-state index contributed by atoms with van der Waals surface area (Å²) in [5.41, 5.74) is 2.01. The van der Waals surface area contributed by atoms with Crippen molar-refractivity contribution in [1.82, 2.24) is 25.1 Å². The van der Waals surface area contributed by atoms with E-state index >= 15 is 0 Å². The van der Waals surface area contributed by atoms with Crippen LogP contribution < -0.4 is 15.4 Å². The van der Waals surface area contributed by atoms with Crippen molar-refractivity contribution in [3.63, 3.8) is 0 Å². The number of anilines is 3. The number of nitrogens with zero attached hydrogens (tertiary/aromatic N) is 4. The summed E-state index contributed by atoms with van der Waals surface area (Å²) in [6.07, 6.45) is 3.41. The zero-order chi connectivity index (χ0) is 19.4. The first-order chi connectivity index (χ1) is 12.9. The first-order valence-corrected chi connectivity index (χ1v) is 8.99. The third kappa shape index (κ3) is 5.07. The van der Waals surface area contributed by atoms with Gasteiger partial charge in [0, 0.05) is 12.3 Å². The van der Waals surface area contributed by atoms with E-state index in [2.05, 4.69) is 35.8 Å². The molecular formula is C18H22ClN7O. The van der Waals surface area contributed by atoms with Crippen molar-refractivity contribution in [2.24, 2.45) is 0 Å². The van der Waals surface area contributed by atoms with Gasteiger partial charge in [-0.1, -0.05) is 17.7 Å². The number of aromatic nitrogens is 5. The first-order valence-electron chi connectivity index (χ1n) is 8.61. The molecule has 8 nitrogen and oxygen atoms in total. The van der Waals surface area contributed by atoms with Gasteiger partial charge in [-0.3, -0.25) is 10.1 Å². The molecule has 0 spiro atoms. The molecule has 0 fully saturated rings. The summed E-state index contributed by atoms with van der Waals surface area (Å²) in [6.45, 7) is 7.87. The molecule has 0 aliphatic heterocycles. The minimum Gasteiger partial charge on any atom is -0.474 e. The largest absolute Gasteiger partial charge is 0.474 e. The summed E-state index contributed by atoms with van der Waals surface area (Å²) < 4.78 is 5.53. The topological polar surface area (TPSA) is 101 Å². The molecule has 3 N–H and O–H groups in total. The predicted octanol–water partition coefficient (Wildman–Crippen LogP) is 4.26. The molecule has 1 atom stereocenters. The lowest BCUT2D eigenvalue weighted by Gasteiger charge is -2.14. The molecule has 3 rings (SSSR count). The third-order valence-electron chi connectivity index (χ3n) is 3.63. The molecule has 0 aliphatic carbocycles. The van der Waals surface area contributed by atoms with Crippen LogP contribution in [0.15, 0.2) is 30.6 Å². The maximum absolute atomic E-state index is 6.22. The molecule has 27 heavy (non-hydrogen) atoms. The fourth-order valence-electron chi connectivity index (χ4n) is 2.32. The normalized spacial score (nSPS) is 12.1. The van der Waals surface area contributed by atoms with Crippen LogP contribution in [-0.4, -0.2) is 31.3 Å². The van der Waals surface area contributed by atoms with Crippen LogP contribution in [0.3, 0.4) is 0 Å². The van der Waals surface area contributed by atoms with E-state index in [1.54, 1.807) is 6.07 Å². The van der Waals surface area contributed by atoms with Crippen molar-refractivity contribution in [3.8, 4) is 5.88 Å². The fourth-order valence-corrected chi connectivity index (χ4v) is 2.46. The highest BCUT2D eigenvalue weighted by molar-refractivity contribution is 6.32. The summed E-state index contributed by atoms with van der Waals surface area (Å²) in [5, 5.41) is 13.6. The van der Waals surface area contributed by atoms with Crippen molar-refractivity contribution in [3.05, 3.63) is 46.9 Å². The zero-order valence-corrected chi connectivity index (χ0v) is 16.4. The number of aromatic amines is 1. The maximum atomic E-state index is 6.22. The first kappa shape index (κ1) is 18.9. The SMILES string of the molecule is Cc1ccc([C@H](C)Nc2ncc(Cl)c(Nc3cc(OC(C)C)n[nH]3)n2)nc1. The molecular weight excluding hydrogens is 366 g/mol. The maximum Gasteiger partial charge on any atom is 0.234 e. The van der Waals surface area contributed by atoms with E-state index in [1.807, 2.05) is 46.0 Å². The standard InChI is InChI=1S/C18H22ClN7O/c1-10(2)27-16-7-15(25-26-16)23-17-13(19)9-21-18(24-17)22-12(4)14-6-5-11(3)8-20-14/h5-10,12H,1-4H3,(H3,21,22,23,24,25,26)/t12-/m0/s1. The second-order valence-electron chi connectivity index (χ2n) is 6.43. The van der Waals surface area contributed by atoms with Gasteiger partial charge in [-0.2, -0.15) is 4.98 Å². The minimum atomic E-state index is -0.0576. The second kappa shape index (κ2) is 8.22. The Hall–Kier alpha value is -2.87. The molecule has 0 saturated heterocycles. The number of nitrogens with one attached hydrogen (secondary N) is 3. The highest BCUT2D eigenvalue weighted by Crippen LogP contribution is 2.25. The molecule has 0 aliphatic rings. The Morgan fingerprint density at radius 3 is 2.67 bits per heavy atom. The van der Waals surface area contributed by atoms with Crippen LogP contribution in [0.5, 0.6) is 5.88 Å². The van der Waals surface area contributed by atoms with Crippen molar-refractivity contribution >= 4 is 29.2 Å². The molecule has 0 aromatic carbocycles. The average Bonchev–Trinajstić information content (AvgIpc) is 3.04. The number of aryl methyl sites for hydroxylation is 1. The van der Waals surface area contributed by atoms with Gasteiger partial charge in [-0.05, 0) is 39.3 Å². The van der Waals surface area contributed by atoms with Crippen LogP contribution in [0.4, 0.5) is 17.6 Å². The molecule has 0 saturated carbocycles. The monoisotopic (exact) mass is 387 g/mol. The van der Waals surface area contributed by atoms with Crippen LogP contribution >= 0.6 is 11.6 Å². The van der Waals surface area contributed by atoms with Crippen molar-refractivity contribution < 1.29 is 4.74 Å². The number of hydrogen-bond acceptors (Lipinski definition) is 7. The van der Waals surface area contributed by atoms with Crippen molar-refractivity contribution in [2.45, 2.75) is 39.8 Å². The van der Waals surface area contributed by atoms with E-state index < -0.39 is 0 Å². The van der Waals surface area contributed by atoms with Crippen molar-refractivity contribution in [2.75, 3.05) is 10.6 Å². The molecule has 3 heterocycles. The highest BCUT2D eigenvalue weighted by atomic mass is 35.5. The van der Waals surface area contributed by atoms with Crippen LogP contribution in [0.1, 0.15) is 38.1 Å². The third-order valence-corrected chi connectivity index (χ3v) is 3.91. The van der Waals surface area contributed by atoms with E-state index in [9.17, 15) is 0 Å². The number of hydrogen-bond donors (Lipinski definition) is 3. The summed E-state index contributed by atoms with van der Waals surface area (Å²) in [5.74, 6) is 2.01. The average molecular weight is 388 g/mol. The van der Waals surface area contributed by atoms with E-state index in [0.29, 0.717) is 28.5 Å². The molecule has 0 radical (unpaired) electrons. The van der Waals surface area contributed by atoms with E-state index in [-0.39, 0.29) is 12.1 Å². The predicted molar refractivity (Wildman–Crippen MR) is 106 cm³/mol. The molecule has 0 unspecified atom stereocenters. The number of pyridine rings is 1. The number of rotatable bonds is 7. The quantitative estimate of drug-likeness (QED) is 0.556. The van der Waals surface area contributed by atoms with E-state index in [4.69, 9.17) is 16.3 Å². The lowest BCUT2D eigenvalue weighted by Crippen LogP contribution is -2.11. The Kier molecular flexibility index (Phi) is 5.75. The minimum absolute atomic E-state index is 0.0384. The van der Waals surface area contributed by atoms with Gasteiger partial charge in [0.2, 0.25) is 11.8 Å². The molecule has 3 aromatic rings. The van der Waals surface area contributed by atoms with Gasteiger partial charge >= 0.3 is 0 Å². The van der Waals surface area contributed by atoms with Crippen LogP contribution in [-0.2, 0) is 0 Å². The summed E-state index contributed by atoms with van der Waals surface area (Å²) in [6, 6.07) is 5.68. The van der Waals surface area contributed by atoms with Crippen LogP contribution in [0, 0.1) is 6.92 Å². The molecule has 9 heteroatoms. The molecule has 142 valence electrons. The Labute approximate surface area is 162 Å². The van der Waals surface area contributed by atoms with Gasteiger partial charge in [-0.25, -0.2) is 4.98 Å². The Bertz CT molecular complexity index is 895. The zero-order valence-electron chi connectivity index (χ0n) is 15.6. The van der Waals surface area contributed by atoms with Gasteiger partial charge in [0.15, 0.2) is 5.82 Å². The Morgan fingerprint density at radius 1 is 1.15 bits per heavy atom. The molecule has 0 amide bonds. The number of halogens is 1. The van der Waals surface area contributed by atoms with Crippen molar-refractivity contribution in [1.29, 1.82) is 0 Å². The lowest BCUT2D eigenvalue weighted by atomic mass is 10.2. The fraction of sp³-hybridized carbons (Fsp3) is 0.333. The molecule has 0 bridgehead atoms. The summed E-state index contributed by atoms with van der Waals surface area (Å²) >= 11 is 6.22. The van der Waals surface area contributed by atoms with E-state index in [0.717, 1.165) is 11.3 Å². The van der Waals surface area contributed by atoms with Crippen LogP contribution in [0.25, 0.3) is 0 Å². The smallest absolute Gasteiger partial charge is 0.234 e. The summed E-state index contributed by atoms with van der Waals surface area (Å²) in [4.78, 5) is 13.1. The Morgan fingerprint density at radius 2 is 1.96 bits per heavy atom. The summed E-state index contributed by atoms with van der Waals surface area (Å²) in [7, 11) is 0. The van der Waals surface area contributed by atoms with Gasteiger partial charge in [-0.15, -0.1) is 5.10 Å². The van der Waals surface area contributed by atoms with Gasteiger partial charge in [0.1, 0.15) is 10.8 Å². The van der Waals surface area contributed by atoms with Gasteiger partial charge in [0.25, 0.3) is 0 Å². The van der Waals surface area contributed by atoms with E-state index in [1.165, 1.54) is 6.20 Å². The Balaban J connectivity index is 1.72. The van der Waals surface area contributed by atoms with Gasteiger partial charge in [0.05, 0.1) is 24.0 Å². The van der Waals surface area contributed by atoms with Crippen LogP contribution in [0.2, 0.25) is 5.02 Å². The number of H-pyrrole nitrogens is 1.